The van der Waals surface area contributed by atoms with Crippen LogP contribution in [-0.2, 0) is 10.2 Å². The van der Waals surface area contributed by atoms with Gasteiger partial charge in [-0.05, 0) is 50.8 Å². The highest BCUT2D eigenvalue weighted by atomic mass is 35.5. The first-order valence-electron chi connectivity index (χ1n) is 6.97. The van der Waals surface area contributed by atoms with Gasteiger partial charge in [0.2, 0.25) is 0 Å². The second-order valence-corrected chi connectivity index (χ2v) is 7.27. The van der Waals surface area contributed by atoms with Crippen LogP contribution in [0.1, 0.15) is 38.7 Å². The monoisotopic (exact) mass is 334 g/mol. The quantitative estimate of drug-likeness (QED) is 0.654. The van der Waals surface area contributed by atoms with Crippen LogP contribution in [0.4, 0.5) is 0 Å². The van der Waals surface area contributed by atoms with Crippen molar-refractivity contribution >= 4 is 34.8 Å². The average molecular weight is 336 g/mol. The SMILES string of the molecule is CC1(C)CCC(CC(CCl)(CCl)c2cccc(Cl)c2)O1. The molecule has 1 atom stereocenters. The summed E-state index contributed by atoms with van der Waals surface area (Å²) in [5, 5.41) is 0.717. The molecular weight excluding hydrogens is 315 g/mol. The van der Waals surface area contributed by atoms with Crippen LogP contribution < -0.4 is 0 Å². The fraction of sp³-hybridized carbons (Fsp3) is 0.625. The maximum Gasteiger partial charge on any atom is 0.0631 e. The van der Waals surface area contributed by atoms with Gasteiger partial charge < -0.3 is 4.74 Å². The molecule has 0 saturated carbocycles. The maximum absolute atomic E-state index is 6.28. The van der Waals surface area contributed by atoms with E-state index < -0.39 is 0 Å². The molecule has 0 N–H and O–H groups in total. The van der Waals surface area contributed by atoms with E-state index in [1.807, 2.05) is 18.2 Å². The van der Waals surface area contributed by atoms with E-state index in [4.69, 9.17) is 39.5 Å². The van der Waals surface area contributed by atoms with Gasteiger partial charge in [-0.15, -0.1) is 23.2 Å². The standard InChI is InChI=1S/C16H21Cl3O/c1-15(2)7-6-14(20-15)9-16(10-17,11-18)12-4-3-5-13(19)8-12/h3-5,8,14H,6-7,9-11H2,1-2H3. The van der Waals surface area contributed by atoms with E-state index in [9.17, 15) is 0 Å². The van der Waals surface area contributed by atoms with Gasteiger partial charge in [-0.3, -0.25) is 0 Å². The summed E-state index contributed by atoms with van der Waals surface area (Å²) in [7, 11) is 0. The molecule has 0 aromatic heterocycles. The molecule has 1 aliphatic rings. The van der Waals surface area contributed by atoms with Crippen LogP contribution >= 0.6 is 34.8 Å². The molecule has 4 heteroatoms. The molecule has 0 aliphatic carbocycles. The van der Waals surface area contributed by atoms with E-state index in [-0.39, 0.29) is 17.1 Å². The number of alkyl halides is 2. The van der Waals surface area contributed by atoms with E-state index >= 15 is 0 Å². The van der Waals surface area contributed by atoms with Crippen LogP contribution in [0.5, 0.6) is 0 Å². The summed E-state index contributed by atoms with van der Waals surface area (Å²) in [6.07, 6.45) is 3.18. The van der Waals surface area contributed by atoms with Gasteiger partial charge in [-0.25, -0.2) is 0 Å². The molecule has 2 rings (SSSR count). The minimum absolute atomic E-state index is 0.0383. The molecule has 0 amide bonds. The first-order chi connectivity index (χ1) is 9.41. The Labute approximate surface area is 136 Å². The lowest BCUT2D eigenvalue weighted by molar-refractivity contribution is -0.0250. The summed E-state index contributed by atoms with van der Waals surface area (Å²) in [5.74, 6) is 0.939. The van der Waals surface area contributed by atoms with Crippen molar-refractivity contribution in [3.63, 3.8) is 0 Å². The third-order valence-corrected chi connectivity index (χ3v) is 5.38. The molecule has 1 aromatic carbocycles. The van der Waals surface area contributed by atoms with Crippen molar-refractivity contribution in [1.29, 1.82) is 0 Å². The van der Waals surface area contributed by atoms with Crippen LogP contribution in [0.25, 0.3) is 0 Å². The van der Waals surface area contributed by atoms with Crippen LogP contribution in [0.15, 0.2) is 24.3 Å². The predicted molar refractivity (Wildman–Crippen MR) is 87.4 cm³/mol. The molecule has 1 nitrogen and oxygen atoms in total. The third kappa shape index (κ3) is 3.62. The van der Waals surface area contributed by atoms with Gasteiger partial charge in [0, 0.05) is 22.2 Å². The zero-order valence-electron chi connectivity index (χ0n) is 12.0. The van der Waals surface area contributed by atoms with Crippen LogP contribution in [0, 0.1) is 0 Å². The van der Waals surface area contributed by atoms with Crippen molar-refractivity contribution in [2.75, 3.05) is 11.8 Å². The van der Waals surface area contributed by atoms with E-state index in [1.165, 1.54) is 0 Å². The van der Waals surface area contributed by atoms with Gasteiger partial charge >= 0.3 is 0 Å². The Bertz CT molecular complexity index is 455. The molecule has 1 aliphatic heterocycles. The molecule has 20 heavy (non-hydrogen) atoms. The van der Waals surface area contributed by atoms with Crippen molar-refractivity contribution in [1.82, 2.24) is 0 Å². The number of benzene rings is 1. The van der Waals surface area contributed by atoms with Crippen LogP contribution in [0.2, 0.25) is 5.02 Å². The largest absolute Gasteiger partial charge is 0.372 e. The van der Waals surface area contributed by atoms with Gasteiger partial charge in [0.1, 0.15) is 0 Å². The molecule has 1 saturated heterocycles. The fourth-order valence-electron chi connectivity index (χ4n) is 2.89. The molecule has 112 valence electrons. The summed E-state index contributed by atoms with van der Waals surface area (Å²) < 4.78 is 6.11. The normalized spacial score (nSPS) is 22.1. The molecule has 0 radical (unpaired) electrons. The first kappa shape index (κ1) is 16.4. The Morgan fingerprint density at radius 2 is 2.00 bits per heavy atom. The lowest BCUT2D eigenvalue weighted by Gasteiger charge is -2.33. The number of rotatable bonds is 5. The Morgan fingerprint density at radius 3 is 2.50 bits per heavy atom. The highest BCUT2D eigenvalue weighted by Gasteiger charge is 2.39. The molecule has 0 bridgehead atoms. The Hall–Kier alpha value is 0.0500. The van der Waals surface area contributed by atoms with Crippen molar-refractivity contribution < 1.29 is 4.74 Å². The van der Waals surface area contributed by atoms with E-state index in [1.54, 1.807) is 0 Å². The third-order valence-electron chi connectivity index (χ3n) is 4.12. The lowest BCUT2D eigenvalue weighted by atomic mass is 9.79. The van der Waals surface area contributed by atoms with Crippen LogP contribution in [-0.4, -0.2) is 23.5 Å². The zero-order valence-corrected chi connectivity index (χ0v) is 14.2. The van der Waals surface area contributed by atoms with E-state index in [0.29, 0.717) is 11.8 Å². The van der Waals surface area contributed by atoms with Crippen molar-refractivity contribution in [3.05, 3.63) is 34.9 Å². The molecule has 1 unspecified atom stereocenters. The van der Waals surface area contributed by atoms with Crippen molar-refractivity contribution in [2.24, 2.45) is 0 Å². The maximum atomic E-state index is 6.28. The smallest absolute Gasteiger partial charge is 0.0631 e. The number of hydrogen-bond donors (Lipinski definition) is 0. The van der Waals surface area contributed by atoms with E-state index in [2.05, 4.69) is 19.9 Å². The highest BCUT2D eigenvalue weighted by molar-refractivity contribution is 6.30. The van der Waals surface area contributed by atoms with Gasteiger partial charge in [0.15, 0.2) is 0 Å². The summed E-state index contributed by atoms with van der Waals surface area (Å²) in [4.78, 5) is 0. The Kier molecular flexibility index (Phi) is 5.29. The minimum atomic E-state index is -0.279. The number of halogens is 3. The van der Waals surface area contributed by atoms with E-state index in [0.717, 1.165) is 29.8 Å². The molecule has 1 aromatic rings. The fourth-order valence-corrected chi connectivity index (χ4v) is 3.90. The molecule has 1 fully saturated rings. The van der Waals surface area contributed by atoms with Crippen molar-refractivity contribution in [3.8, 4) is 0 Å². The van der Waals surface area contributed by atoms with Crippen molar-refractivity contribution in [2.45, 2.75) is 50.2 Å². The Balaban J connectivity index is 2.22. The second kappa shape index (κ2) is 6.44. The minimum Gasteiger partial charge on any atom is -0.372 e. The molecular formula is C16H21Cl3O. The number of hydrogen-bond acceptors (Lipinski definition) is 1. The summed E-state index contributed by atoms with van der Waals surface area (Å²) >= 11 is 18.7. The van der Waals surface area contributed by atoms with Gasteiger partial charge in [-0.2, -0.15) is 0 Å². The highest BCUT2D eigenvalue weighted by Crippen LogP contribution is 2.40. The molecule has 0 spiro atoms. The summed E-state index contributed by atoms with van der Waals surface area (Å²) in [6.45, 7) is 4.27. The van der Waals surface area contributed by atoms with Crippen LogP contribution in [0.3, 0.4) is 0 Å². The summed E-state index contributed by atoms with van der Waals surface area (Å²) in [5.41, 5.74) is 0.783. The Morgan fingerprint density at radius 1 is 1.30 bits per heavy atom. The summed E-state index contributed by atoms with van der Waals surface area (Å²) in [6, 6.07) is 7.83. The predicted octanol–water partition coefficient (Wildman–Crippen LogP) is 5.40. The van der Waals surface area contributed by atoms with Gasteiger partial charge in [0.25, 0.3) is 0 Å². The number of ether oxygens (including phenoxy) is 1. The van der Waals surface area contributed by atoms with Gasteiger partial charge in [-0.1, -0.05) is 23.7 Å². The lowest BCUT2D eigenvalue weighted by Crippen LogP contribution is -2.35. The topological polar surface area (TPSA) is 9.23 Å². The van der Waals surface area contributed by atoms with Gasteiger partial charge in [0.05, 0.1) is 11.7 Å². The first-order valence-corrected chi connectivity index (χ1v) is 8.41. The molecule has 1 heterocycles. The average Bonchev–Trinajstić information content (AvgIpc) is 2.75. The second-order valence-electron chi connectivity index (χ2n) is 6.30. The zero-order chi connectivity index (χ0) is 14.8.